The van der Waals surface area contributed by atoms with Gasteiger partial charge in [0.1, 0.15) is 5.82 Å². The summed E-state index contributed by atoms with van der Waals surface area (Å²) >= 11 is 0. The van der Waals surface area contributed by atoms with Crippen molar-refractivity contribution in [1.82, 2.24) is 10.3 Å². The number of pyridine rings is 1. The quantitative estimate of drug-likeness (QED) is 0.827. The number of ether oxygens (including phenoxy) is 2. The second kappa shape index (κ2) is 8.95. The Hall–Kier alpha value is -2.76. The molecule has 2 aromatic rings. The van der Waals surface area contributed by atoms with Gasteiger partial charge in [0.05, 0.1) is 26.2 Å². The van der Waals surface area contributed by atoms with Gasteiger partial charge in [-0.05, 0) is 62.1 Å². The van der Waals surface area contributed by atoms with E-state index in [0.717, 1.165) is 36.3 Å². The maximum absolute atomic E-state index is 12.9. The third-order valence-electron chi connectivity index (χ3n) is 5.36. The Balaban J connectivity index is 1.69. The molecule has 1 aromatic heterocycles. The molecule has 1 aliphatic heterocycles. The summed E-state index contributed by atoms with van der Waals surface area (Å²) in [7, 11) is 3.24. The lowest BCUT2D eigenvalue weighted by molar-refractivity contribution is -0.125. The normalized spacial score (nSPS) is 17.7. The van der Waals surface area contributed by atoms with Gasteiger partial charge in [-0.25, -0.2) is 4.98 Å². The van der Waals surface area contributed by atoms with Crippen molar-refractivity contribution < 1.29 is 14.3 Å². The van der Waals surface area contributed by atoms with Crippen molar-refractivity contribution in [3.63, 3.8) is 0 Å². The van der Waals surface area contributed by atoms with Crippen LogP contribution in [-0.2, 0) is 4.79 Å². The van der Waals surface area contributed by atoms with Crippen molar-refractivity contribution in [3.05, 3.63) is 47.7 Å². The van der Waals surface area contributed by atoms with Gasteiger partial charge in [0.2, 0.25) is 5.91 Å². The van der Waals surface area contributed by atoms with Crippen LogP contribution in [0, 0.1) is 12.8 Å². The number of benzene rings is 1. The molecule has 6 heteroatoms. The first-order valence-corrected chi connectivity index (χ1v) is 9.72. The van der Waals surface area contributed by atoms with Gasteiger partial charge in [-0.3, -0.25) is 4.79 Å². The lowest BCUT2D eigenvalue weighted by atomic mass is 9.95. The van der Waals surface area contributed by atoms with E-state index in [0.29, 0.717) is 18.0 Å². The molecule has 0 saturated carbocycles. The van der Waals surface area contributed by atoms with E-state index in [1.54, 1.807) is 20.4 Å². The monoisotopic (exact) mass is 383 g/mol. The fourth-order valence-electron chi connectivity index (χ4n) is 3.81. The number of methoxy groups -OCH3 is 2. The molecule has 1 aromatic carbocycles. The molecule has 6 nitrogen and oxygen atoms in total. The number of aromatic nitrogens is 1. The van der Waals surface area contributed by atoms with Gasteiger partial charge in [-0.15, -0.1) is 0 Å². The summed E-state index contributed by atoms with van der Waals surface area (Å²) in [5, 5.41) is 3.19. The van der Waals surface area contributed by atoms with E-state index < -0.39 is 0 Å². The minimum absolute atomic E-state index is 0.0429. The number of carbonyl (C=O) groups is 1. The molecule has 0 radical (unpaired) electrons. The maximum Gasteiger partial charge on any atom is 0.225 e. The molecular weight excluding hydrogens is 354 g/mol. The van der Waals surface area contributed by atoms with Crippen molar-refractivity contribution >= 4 is 11.7 Å². The van der Waals surface area contributed by atoms with Crippen LogP contribution in [0.25, 0.3) is 0 Å². The highest BCUT2D eigenvalue weighted by Gasteiger charge is 2.28. The van der Waals surface area contributed by atoms with E-state index in [1.165, 1.54) is 0 Å². The van der Waals surface area contributed by atoms with Crippen molar-refractivity contribution in [1.29, 1.82) is 0 Å². The predicted molar refractivity (Wildman–Crippen MR) is 110 cm³/mol. The van der Waals surface area contributed by atoms with Crippen LogP contribution in [0.4, 0.5) is 5.82 Å². The predicted octanol–water partition coefficient (Wildman–Crippen LogP) is 3.50. The number of hydrogen-bond donors (Lipinski definition) is 1. The number of nitrogens with zero attached hydrogens (tertiary/aromatic N) is 2. The average Bonchev–Trinajstić information content (AvgIpc) is 2.74. The summed E-state index contributed by atoms with van der Waals surface area (Å²) in [5.41, 5.74) is 2.09. The smallest absolute Gasteiger partial charge is 0.225 e. The third-order valence-corrected chi connectivity index (χ3v) is 5.36. The van der Waals surface area contributed by atoms with Crippen LogP contribution in [0.3, 0.4) is 0 Å². The highest BCUT2D eigenvalue weighted by Crippen LogP contribution is 2.33. The molecule has 1 fully saturated rings. The molecule has 1 aliphatic rings. The largest absolute Gasteiger partial charge is 0.493 e. The topological polar surface area (TPSA) is 63.7 Å². The lowest BCUT2D eigenvalue weighted by Crippen LogP contribution is -2.44. The Bertz CT molecular complexity index is 810. The zero-order chi connectivity index (χ0) is 20.1. The lowest BCUT2D eigenvalue weighted by Gasteiger charge is -2.33. The Morgan fingerprint density at radius 2 is 2.00 bits per heavy atom. The molecule has 2 heterocycles. The minimum Gasteiger partial charge on any atom is -0.493 e. The third kappa shape index (κ3) is 4.38. The van der Waals surface area contributed by atoms with Gasteiger partial charge in [0.25, 0.3) is 0 Å². The fourth-order valence-corrected chi connectivity index (χ4v) is 3.81. The summed E-state index contributed by atoms with van der Waals surface area (Å²) < 4.78 is 10.8. The fraction of sp³-hybridized carbons (Fsp3) is 0.455. The standard InChI is InChI=1S/C22H29N3O3/c1-15-12-19(27-3)20(28-4)13-18(15)16(2)24-22(26)17-8-7-11-25(14-17)21-9-5-6-10-23-21/h5-6,9-10,12-13,16-17H,7-8,11,14H2,1-4H3,(H,24,26)/t16-,17+/m0/s1. The SMILES string of the molecule is COc1cc(C)c([C@H](C)NC(=O)[C@@H]2CCCN(c3ccccn3)C2)cc1OC. The molecular formula is C22H29N3O3. The van der Waals surface area contributed by atoms with Crippen molar-refractivity contribution in [2.75, 3.05) is 32.2 Å². The van der Waals surface area contributed by atoms with E-state index in [-0.39, 0.29) is 17.9 Å². The van der Waals surface area contributed by atoms with E-state index in [1.807, 2.05) is 44.2 Å². The first kappa shape index (κ1) is 20.0. The summed E-state index contributed by atoms with van der Waals surface area (Å²) in [5.74, 6) is 2.34. The molecule has 150 valence electrons. The van der Waals surface area contributed by atoms with Crippen LogP contribution in [0.5, 0.6) is 11.5 Å². The van der Waals surface area contributed by atoms with Crippen molar-refractivity contribution in [3.8, 4) is 11.5 Å². The van der Waals surface area contributed by atoms with Gasteiger partial charge in [0, 0.05) is 19.3 Å². The maximum atomic E-state index is 12.9. The first-order valence-electron chi connectivity index (χ1n) is 9.72. The van der Waals surface area contributed by atoms with Crippen LogP contribution >= 0.6 is 0 Å². The Morgan fingerprint density at radius 3 is 2.68 bits per heavy atom. The molecule has 1 amide bonds. The molecule has 3 rings (SSSR count). The first-order chi connectivity index (χ1) is 13.5. The van der Waals surface area contributed by atoms with Crippen molar-refractivity contribution in [2.24, 2.45) is 5.92 Å². The average molecular weight is 383 g/mol. The summed E-state index contributed by atoms with van der Waals surface area (Å²) in [6.07, 6.45) is 3.67. The highest BCUT2D eigenvalue weighted by atomic mass is 16.5. The molecule has 1 saturated heterocycles. The number of rotatable bonds is 6. The zero-order valence-corrected chi connectivity index (χ0v) is 17.1. The van der Waals surface area contributed by atoms with E-state index in [9.17, 15) is 4.79 Å². The minimum atomic E-state index is -0.113. The summed E-state index contributed by atoms with van der Waals surface area (Å²) in [6, 6.07) is 9.66. The second-order valence-electron chi connectivity index (χ2n) is 7.27. The van der Waals surface area contributed by atoms with Crippen LogP contribution in [0.2, 0.25) is 0 Å². The highest BCUT2D eigenvalue weighted by molar-refractivity contribution is 5.80. The van der Waals surface area contributed by atoms with Crippen molar-refractivity contribution in [2.45, 2.75) is 32.7 Å². The number of amides is 1. The Labute approximate surface area is 166 Å². The van der Waals surface area contributed by atoms with Gasteiger partial charge < -0.3 is 19.7 Å². The van der Waals surface area contributed by atoms with Crippen LogP contribution in [-0.4, -0.2) is 38.2 Å². The number of piperidine rings is 1. The molecule has 0 bridgehead atoms. The molecule has 2 atom stereocenters. The summed E-state index contributed by atoms with van der Waals surface area (Å²) in [4.78, 5) is 19.5. The number of carbonyl (C=O) groups excluding carboxylic acids is 1. The molecule has 1 N–H and O–H groups in total. The molecule has 0 unspecified atom stereocenters. The van der Waals surface area contributed by atoms with Gasteiger partial charge in [-0.2, -0.15) is 0 Å². The van der Waals surface area contributed by atoms with E-state index in [2.05, 4.69) is 15.2 Å². The van der Waals surface area contributed by atoms with Crippen LogP contribution in [0.15, 0.2) is 36.5 Å². The summed E-state index contributed by atoms with van der Waals surface area (Å²) in [6.45, 7) is 5.65. The Morgan fingerprint density at radius 1 is 1.25 bits per heavy atom. The molecule has 0 aliphatic carbocycles. The van der Waals surface area contributed by atoms with E-state index in [4.69, 9.17) is 9.47 Å². The van der Waals surface area contributed by atoms with Crippen LogP contribution < -0.4 is 19.7 Å². The zero-order valence-electron chi connectivity index (χ0n) is 17.1. The van der Waals surface area contributed by atoms with E-state index >= 15 is 0 Å². The number of aryl methyl sites for hydroxylation is 1. The number of nitrogens with one attached hydrogen (secondary N) is 1. The van der Waals surface area contributed by atoms with Gasteiger partial charge >= 0.3 is 0 Å². The number of anilines is 1. The van der Waals surface area contributed by atoms with Gasteiger partial charge in [0.15, 0.2) is 11.5 Å². The number of hydrogen-bond acceptors (Lipinski definition) is 5. The van der Waals surface area contributed by atoms with Crippen LogP contribution in [0.1, 0.15) is 36.9 Å². The van der Waals surface area contributed by atoms with Gasteiger partial charge in [-0.1, -0.05) is 6.07 Å². The molecule has 0 spiro atoms. The molecule has 28 heavy (non-hydrogen) atoms. The second-order valence-corrected chi connectivity index (χ2v) is 7.27. The Kier molecular flexibility index (Phi) is 6.39.